The van der Waals surface area contributed by atoms with Crippen LogP contribution in [0.5, 0.6) is 11.5 Å². The number of anilines is 1. The fourth-order valence-electron chi connectivity index (χ4n) is 3.64. The van der Waals surface area contributed by atoms with Gasteiger partial charge in [-0.1, -0.05) is 0 Å². The summed E-state index contributed by atoms with van der Waals surface area (Å²) in [6.07, 6.45) is 4.33. The van der Waals surface area contributed by atoms with E-state index in [0.29, 0.717) is 30.2 Å². The first kappa shape index (κ1) is 20.5. The zero-order valence-corrected chi connectivity index (χ0v) is 17.0. The molecule has 3 aromatic rings. The molecule has 2 heterocycles. The number of nitrogens with one attached hydrogen (secondary N) is 1. The van der Waals surface area contributed by atoms with Gasteiger partial charge >= 0.3 is 0 Å². The van der Waals surface area contributed by atoms with Gasteiger partial charge in [-0.25, -0.2) is 4.39 Å². The Morgan fingerprint density at radius 3 is 2.32 bits per heavy atom. The topological polar surface area (TPSA) is 89.4 Å². The van der Waals surface area contributed by atoms with Gasteiger partial charge in [-0.05, 0) is 68.3 Å². The lowest BCUT2D eigenvalue weighted by Crippen LogP contribution is -2.54. The van der Waals surface area contributed by atoms with Crippen molar-refractivity contribution >= 4 is 17.5 Å². The average molecular weight is 423 g/mol. The first-order valence-electron chi connectivity index (χ1n) is 9.93. The number of ether oxygens (including phenoxy) is 1. The number of rotatable bonds is 6. The number of nitrogens with zero attached hydrogens (tertiary/aromatic N) is 4. The van der Waals surface area contributed by atoms with Crippen LogP contribution in [0.2, 0.25) is 0 Å². The Balaban J connectivity index is 1.40. The molecule has 4 rings (SSSR count). The fourth-order valence-corrected chi connectivity index (χ4v) is 3.64. The lowest BCUT2D eigenvalue weighted by Gasteiger charge is -2.33. The van der Waals surface area contributed by atoms with Crippen LogP contribution in [0.4, 0.5) is 10.1 Å². The maximum absolute atomic E-state index is 13.1. The third kappa shape index (κ3) is 4.55. The zero-order chi connectivity index (χ0) is 21.8. The van der Waals surface area contributed by atoms with E-state index in [1.54, 1.807) is 36.1 Å². The van der Waals surface area contributed by atoms with Crippen molar-refractivity contribution in [1.82, 2.24) is 19.9 Å². The first-order chi connectivity index (χ1) is 14.9. The van der Waals surface area contributed by atoms with Crippen molar-refractivity contribution < 1.29 is 18.7 Å². The molecule has 1 fully saturated rings. The molecule has 1 aliphatic rings. The van der Waals surface area contributed by atoms with Gasteiger partial charge in [0.2, 0.25) is 11.8 Å². The molecule has 1 aromatic heterocycles. The molecule has 8 nitrogen and oxygen atoms in total. The molecule has 0 saturated carbocycles. The van der Waals surface area contributed by atoms with Gasteiger partial charge in [0.15, 0.2) is 0 Å². The first-order valence-corrected chi connectivity index (χ1v) is 9.93. The Kier molecular flexibility index (Phi) is 5.66. The van der Waals surface area contributed by atoms with Gasteiger partial charge in [-0.2, -0.15) is 15.0 Å². The molecule has 31 heavy (non-hydrogen) atoms. The molecule has 0 radical (unpaired) electrons. The van der Waals surface area contributed by atoms with E-state index in [4.69, 9.17) is 4.74 Å². The lowest BCUT2D eigenvalue weighted by molar-refractivity contribution is -0.142. The van der Waals surface area contributed by atoms with Gasteiger partial charge in [0.05, 0.1) is 12.4 Å². The molecule has 2 amide bonds. The van der Waals surface area contributed by atoms with E-state index in [9.17, 15) is 14.0 Å². The number of hydrogen-bond acceptors (Lipinski definition) is 5. The number of benzene rings is 2. The molecule has 1 atom stereocenters. The number of carbonyl (C=O) groups is 2. The Hall–Kier alpha value is -3.75. The van der Waals surface area contributed by atoms with Crippen LogP contribution < -0.4 is 10.1 Å². The minimum absolute atomic E-state index is 0.00864. The van der Waals surface area contributed by atoms with Crippen LogP contribution in [0.3, 0.4) is 0 Å². The molecule has 0 bridgehead atoms. The maximum atomic E-state index is 13.1. The minimum Gasteiger partial charge on any atom is -0.457 e. The highest BCUT2D eigenvalue weighted by Gasteiger charge is 2.45. The standard InChI is InChI=1S/C22H22FN5O3/c1-22(11-2-14-27(22)20(29)15-28-24-12-13-25-28)21(30)26-17-5-9-19(10-6-17)31-18-7-3-16(23)4-8-18/h3-10,12-13H,2,11,14-15H2,1H3,(H,26,30). The summed E-state index contributed by atoms with van der Waals surface area (Å²) in [7, 11) is 0. The van der Waals surface area contributed by atoms with E-state index in [-0.39, 0.29) is 24.2 Å². The molecule has 0 spiro atoms. The summed E-state index contributed by atoms with van der Waals surface area (Å²) < 4.78 is 18.7. The van der Waals surface area contributed by atoms with Crippen LogP contribution in [-0.2, 0) is 16.1 Å². The molecule has 1 aliphatic heterocycles. The second-order valence-corrected chi connectivity index (χ2v) is 7.52. The van der Waals surface area contributed by atoms with Gasteiger partial charge in [-0.15, -0.1) is 0 Å². The number of halogens is 1. The van der Waals surface area contributed by atoms with E-state index >= 15 is 0 Å². The van der Waals surface area contributed by atoms with Crippen molar-refractivity contribution in [2.75, 3.05) is 11.9 Å². The van der Waals surface area contributed by atoms with Crippen molar-refractivity contribution in [2.45, 2.75) is 31.8 Å². The minimum atomic E-state index is -0.951. The highest BCUT2D eigenvalue weighted by Crippen LogP contribution is 2.31. The van der Waals surface area contributed by atoms with E-state index in [1.165, 1.54) is 41.5 Å². The van der Waals surface area contributed by atoms with Gasteiger partial charge < -0.3 is 15.0 Å². The van der Waals surface area contributed by atoms with Crippen LogP contribution in [0.15, 0.2) is 60.9 Å². The summed E-state index contributed by atoms with van der Waals surface area (Å²) in [5.41, 5.74) is -0.362. The summed E-state index contributed by atoms with van der Waals surface area (Å²) in [6, 6.07) is 12.6. The highest BCUT2D eigenvalue weighted by atomic mass is 19.1. The third-order valence-corrected chi connectivity index (χ3v) is 5.34. The van der Waals surface area contributed by atoms with Crippen molar-refractivity contribution in [1.29, 1.82) is 0 Å². The molecule has 2 aromatic carbocycles. The second kappa shape index (κ2) is 8.55. The Morgan fingerprint density at radius 2 is 1.68 bits per heavy atom. The van der Waals surface area contributed by atoms with Crippen molar-refractivity contribution in [3.63, 3.8) is 0 Å². The molecule has 1 N–H and O–H groups in total. The monoisotopic (exact) mass is 423 g/mol. The molecule has 9 heteroatoms. The number of likely N-dealkylation sites (tertiary alicyclic amines) is 1. The lowest BCUT2D eigenvalue weighted by atomic mass is 9.97. The molecular formula is C22H22FN5O3. The number of aromatic nitrogens is 3. The molecule has 0 aliphatic carbocycles. The predicted molar refractivity (Wildman–Crippen MR) is 111 cm³/mol. The van der Waals surface area contributed by atoms with Gasteiger partial charge in [-0.3, -0.25) is 9.59 Å². The SMILES string of the molecule is CC1(C(=O)Nc2ccc(Oc3ccc(F)cc3)cc2)CCCN1C(=O)Cn1nccn1. The Labute approximate surface area is 178 Å². The fraction of sp³-hybridized carbons (Fsp3) is 0.273. The van der Waals surface area contributed by atoms with E-state index in [2.05, 4.69) is 15.5 Å². The number of hydrogen-bond donors (Lipinski definition) is 1. The van der Waals surface area contributed by atoms with Gasteiger partial charge in [0.1, 0.15) is 29.4 Å². The second-order valence-electron chi connectivity index (χ2n) is 7.52. The molecule has 1 saturated heterocycles. The van der Waals surface area contributed by atoms with Gasteiger partial charge in [0.25, 0.3) is 0 Å². The molecular weight excluding hydrogens is 401 g/mol. The van der Waals surface area contributed by atoms with Crippen LogP contribution >= 0.6 is 0 Å². The van der Waals surface area contributed by atoms with Crippen molar-refractivity contribution in [3.8, 4) is 11.5 Å². The van der Waals surface area contributed by atoms with E-state index in [0.717, 1.165) is 6.42 Å². The summed E-state index contributed by atoms with van der Waals surface area (Å²) in [6.45, 7) is 2.27. The number of carbonyl (C=O) groups excluding carboxylic acids is 2. The summed E-state index contributed by atoms with van der Waals surface area (Å²) in [4.78, 5) is 28.7. The normalized spacial score (nSPS) is 18.1. The maximum Gasteiger partial charge on any atom is 0.250 e. The summed E-state index contributed by atoms with van der Waals surface area (Å²) in [5.74, 6) is 0.283. The highest BCUT2D eigenvalue weighted by molar-refractivity contribution is 6.00. The van der Waals surface area contributed by atoms with Crippen molar-refractivity contribution in [2.24, 2.45) is 0 Å². The molecule has 160 valence electrons. The van der Waals surface area contributed by atoms with Crippen LogP contribution in [-0.4, -0.2) is 43.8 Å². The summed E-state index contributed by atoms with van der Waals surface area (Å²) in [5, 5.41) is 10.8. The smallest absolute Gasteiger partial charge is 0.250 e. The van der Waals surface area contributed by atoms with Crippen LogP contribution in [0, 0.1) is 5.82 Å². The van der Waals surface area contributed by atoms with E-state index < -0.39 is 5.54 Å². The zero-order valence-electron chi connectivity index (χ0n) is 17.0. The molecule has 1 unspecified atom stereocenters. The van der Waals surface area contributed by atoms with Gasteiger partial charge in [0, 0.05) is 12.2 Å². The van der Waals surface area contributed by atoms with E-state index in [1.807, 2.05) is 0 Å². The number of amides is 2. The Bertz CT molecular complexity index is 1050. The predicted octanol–water partition coefficient (Wildman–Crippen LogP) is 3.23. The van der Waals surface area contributed by atoms with Crippen molar-refractivity contribution in [3.05, 3.63) is 66.7 Å². The van der Waals surface area contributed by atoms with Crippen LogP contribution in [0.1, 0.15) is 19.8 Å². The quantitative estimate of drug-likeness (QED) is 0.658. The largest absolute Gasteiger partial charge is 0.457 e. The third-order valence-electron chi connectivity index (χ3n) is 5.34. The van der Waals surface area contributed by atoms with Crippen LogP contribution in [0.25, 0.3) is 0 Å². The Morgan fingerprint density at radius 1 is 1.06 bits per heavy atom. The summed E-state index contributed by atoms with van der Waals surface area (Å²) >= 11 is 0. The average Bonchev–Trinajstić information content (AvgIpc) is 3.41.